The predicted molar refractivity (Wildman–Crippen MR) is 360 cm³/mol. The Morgan fingerprint density at radius 1 is 0.506 bits per heavy atom. The third kappa shape index (κ3) is 15.2. The van der Waals surface area contributed by atoms with Crippen molar-refractivity contribution < 1.29 is 16.8 Å². The summed E-state index contributed by atoms with van der Waals surface area (Å²) in [4.78, 5) is 29.3. The molecule has 460 valence electrons. The molecule has 0 spiro atoms. The molecule has 0 bridgehead atoms. The van der Waals surface area contributed by atoms with Crippen molar-refractivity contribution in [3.05, 3.63) is 219 Å². The van der Waals surface area contributed by atoms with Gasteiger partial charge in [0.15, 0.2) is 0 Å². The van der Waals surface area contributed by atoms with Gasteiger partial charge in [-0.05, 0) is 151 Å². The van der Waals surface area contributed by atoms with Gasteiger partial charge in [-0.3, -0.25) is 9.44 Å². The van der Waals surface area contributed by atoms with E-state index >= 15 is 0 Å². The highest BCUT2D eigenvalue weighted by molar-refractivity contribution is 7.92. The molecule has 4 N–H and O–H groups in total. The molecule has 4 aliphatic rings. The third-order valence-electron chi connectivity index (χ3n) is 17.3. The van der Waals surface area contributed by atoms with Crippen LogP contribution < -0.4 is 20.1 Å². The summed E-state index contributed by atoms with van der Waals surface area (Å²) in [6.45, 7) is 12.9. The van der Waals surface area contributed by atoms with Gasteiger partial charge in [0.2, 0.25) is 21.9 Å². The summed E-state index contributed by atoms with van der Waals surface area (Å²) in [7, 11) is -3.01. The molecule has 2 aliphatic heterocycles. The second kappa shape index (κ2) is 27.7. The van der Waals surface area contributed by atoms with Crippen LogP contribution in [0.5, 0.6) is 0 Å². The maximum absolute atomic E-state index is 13.2. The number of nitrogens with zero attached hydrogens (tertiary/aromatic N) is 8. The first-order chi connectivity index (χ1) is 43.2. The van der Waals surface area contributed by atoms with Gasteiger partial charge in [-0.15, -0.1) is 0 Å². The summed E-state index contributed by atoms with van der Waals surface area (Å²) >= 11 is 12.0. The van der Waals surface area contributed by atoms with E-state index in [0.29, 0.717) is 38.9 Å². The fraction of sp³-hybridized carbons (Fsp3) is 0.304. The molecule has 20 heteroatoms. The summed E-state index contributed by atoms with van der Waals surface area (Å²) < 4.78 is 57.5. The Balaban J connectivity index is 0.000000173. The van der Waals surface area contributed by atoms with Gasteiger partial charge in [0.05, 0.1) is 32.1 Å². The van der Waals surface area contributed by atoms with Gasteiger partial charge in [0.1, 0.15) is 0 Å². The fourth-order valence-corrected chi connectivity index (χ4v) is 15.0. The molecular formula is C69H74Cl2N12O4S2. The van der Waals surface area contributed by atoms with Crippen molar-refractivity contribution in [1.82, 2.24) is 39.5 Å². The predicted octanol–water partition coefficient (Wildman–Crippen LogP) is 12.0. The number of fused-ring (bicyclic) bond motifs is 7. The smallest absolute Gasteiger partial charge is 0.261 e. The number of rotatable bonds is 19. The number of hydrogen-bond acceptors (Lipinski definition) is 14. The van der Waals surface area contributed by atoms with E-state index in [1.165, 1.54) is 11.1 Å². The van der Waals surface area contributed by atoms with E-state index in [1.807, 2.05) is 97.3 Å². The minimum absolute atomic E-state index is 0.103. The lowest BCUT2D eigenvalue weighted by atomic mass is 9.78. The zero-order chi connectivity index (χ0) is 61.5. The number of aromatic nitrogens is 4. The molecule has 16 nitrogen and oxygen atoms in total. The Morgan fingerprint density at radius 2 is 0.989 bits per heavy atom. The van der Waals surface area contributed by atoms with Gasteiger partial charge < -0.3 is 30.2 Å². The molecule has 9 aromatic rings. The van der Waals surface area contributed by atoms with Gasteiger partial charge in [0.25, 0.3) is 10.0 Å². The van der Waals surface area contributed by atoms with Crippen LogP contribution in [0.3, 0.4) is 0 Å². The summed E-state index contributed by atoms with van der Waals surface area (Å²) in [6, 6.07) is 49.9. The standard InChI is InChI=1S/C36H38N6O2S.C33H36Cl2N6O2S/c1-41-19-21-42(22-20-41)18-6-17-37-36-38-25-29-24-34(32-9-4-5-10-33(32)35(29)39-36)27-11-14-30(15-12-27)40-45(43,44)31-16-13-26-7-2-3-8-28(26)23-31;1-40-15-17-41(18-16-40)14-4-13-36-33-37-21-25-20-29(27-5-2-3-6-28(27)32(25)38-33)24-8-10-26(11-9-24)39-44(42,43)22-23-7-12-30(34)31(35)19-23/h2-5,7-16,23,25,34,40H,6,17-22,24H2,1H3,(H,37,38,39);2-3,5-12,19,21,29,39H,4,13-18,20,22H2,1H3,(H,36,37,38). The molecule has 0 saturated carbocycles. The number of sulfonamides is 2. The molecule has 7 aromatic carbocycles. The maximum Gasteiger partial charge on any atom is 0.261 e. The molecular weight excluding hydrogens is 1200 g/mol. The zero-order valence-electron chi connectivity index (χ0n) is 50.1. The number of likely N-dealkylation sites (N-methyl/N-ethyl adjacent to an activating group) is 2. The number of piperazine rings is 2. The second-order valence-corrected chi connectivity index (χ2v) is 27.9. The van der Waals surface area contributed by atoms with Crippen molar-refractivity contribution in [2.75, 3.05) is 113 Å². The lowest BCUT2D eigenvalue weighted by Crippen LogP contribution is -2.44. The second-order valence-electron chi connectivity index (χ2n) is 23.6. The molecule has 2 aromatic heterocycles. The quantitative estimate of drug-likeness (QED) is 0.0562. The van der Waals surface area contributed by atoms with Gasteiger partial charge in [-0.2, -0.15) is 0 Å². The molecule has 0 amide bonds. The van der Waals surface area contributed by atoms with E-state index in [1.54, 1.807) is 30.3 Å². The van der Waals surface area contributed by atoms with Crippen LogP contribution in [0.4, 0.5) is 23.3 Å². The Bertz CT molecular complexity index is 4190. The van der Waals surface area contributed by atoms with Crippen LogP contribution in [0.15, 0.2) is 175 Å². The number of hydrogen-bond donors (Lipinski definition) is 4. The first-order valence-corrected chi connectivity index (χ1v) is 34.4. The number of benzene rings is 7. The molecule has 2 aliphatic carbocycles. The minimum atomic E-state index is -3.73. The Hall–Kier alpha value is -7.52. The van der Waals surface area contributed by atoms with Crippen LogP contribution in [0.25, 0.3) is 33.3 Å². The van der Waals surface area contributed by atoms with Crippen molar-refractivity contribution in [3.8, 4) is 22.5 Å². The summed E-state index contributed by atoms with van der Waals surface area (Å²) in [6.07, 6.45) is 7.54. The highest BCUT2D eigenvalue weighted by atomic mass is 35.5. The molecule has 4 heterocycles. The van der Waals surface area contributed by atoms with E-state index < -0.39 is 20.0 Å². The first-order valence-electron chi connectivity index (χ1n) is 30.5. The summed E-state index contributed by atoms with van der Waals surface area (Å²) in [5, 5.41) is 9.49. The van der Waals surface area contributed by atoms with Crippen LogP contribution in [0, 0.1) is 0 Å². The Labute approximate surface area is 532 Å². The van der Waals surface area contributed by atoms with E-state index in [2.05, 4.69) is 106 Å². The molecule has 2 unspecified atom stereocenters. The average molecular weight is 1270 g/mol. The molecule has 2 atom stereocenters. The summed E-state index contributed by atoms with van der Waals surface area (Å²) in [5.74, 6) is 1.35. The van der Waals surface area contributed by atoms with E-state index in [9.17, 15) is 16.8 Å². The van der Waals surface area contributed by atoms with Crippen LogP contribution >= 0.6 is 23.2 Å². The van der Waals surface area contributed by atoms with E-state index in [-0.39, 0.29) is 22.5 Å². The summed E-state index contributed by atoms with van der Waals surface area (Å²) in [5.41, 5.74) is 12.6. The highest BCUT2D eigenvalue weighted by Gasteiger charge is 2.30. The van der Waals surface area contributed by atoms with Gasteiger partial charge >= 0.3 is 0 Å². The highest BCUT2D eigenvalue weighted by Crippen LogP contribution is 2.44. The lowest BCUT2D eigenvalue weighted by molar-refractivity contribution is 0.154. The fourth-order valence-electron chi connectivity index (χ4n) is 12.4. The SMILES string of the molecule is CN1CCN(CCCNc2ncc3c(n2)-c2ccccc2C(c2ccc(NS(=O)(=O)Cc4ccc(Cl)c(Cl)c4)cc2)C3)CC1.CN1CCN(CCCNc2ncc3c(n2)-c2ccccc2C(c2ccc(NS(=O)(=O)c4ccc5ccccc5c4)cc2)C3)CC1. The van der Waals surface area contributed by atoms with Gasteiger partial charge in [-0.1, -0.05) is 132 Å². The normalized spacial score (nSPS) is 17.1. The topological polar surface area (TPSA) is 181 Å². The van der Waals surface area contributed by atoms with Gasteiger partial charge in [-0.25, -0.2) is 36.8 Å². The van der Waals surface area contributed by atoms with Crippen LogP contribution in [0.2, 0.25) is 10.0 Å². The van der Waals surface area contributed by atoms with Crippen LogP contribution in [-0.2, 0) is 38.6 Å². The minimum Gasteiger partial charge on any atom is -0.354 e. The van der Waals surface area contributed by atoms with Crippen LogP contribution in [0.1, 0.15) is 63.6 Å². The molecule has 89 heavy (non-hydrogen) atoms. The maximum atomic E-state index is 13.2. The number of nitrogens with one attached hydrogen (secondary N) is 4. The van der Waals surface area contributed by atoms with Crippen LogP contribution in [-0.4, -0.2) is 149 Å². The van der Waals surface area contributed by atoms with Crippen molar-refractivity contribution in [2.24, 2.45) is 0 Å². The van der Waals surface area contributed by atoms with Crippen molar-refractivity contribution in [3.63, 3.8) is 0 Å². The van der Waals surface area contributed by atoms with Gasteiger partial charge in [0, 0.05) is 112 Å². The Kier molecular flexibility index (Phi) is 19.2. The van der Waals surface area contributed by atoms with Crippen molar-refractivity contribution in [1.29, 1.82) is 0 Å². The first kappa shape index (κ1) is 61.7. The van der Waals surface area contributed by atoms with Crippen molar-refractivity contribution in [2.45, 2.75) is 48.2 Å². The third-order valence-corrected chi connectivity index (χ3v) is 20.7. The van der Waals surface area contributed by atoms with Crippen molar-refractivity contribution >= 4 is 77.3 Å². The molecule has 13 rings (SSSR count). The molecule has 0 radical (unpaired) electrons. The monoisotopic (exact) mass is 1270 g/mol. The average Bonchev–Trinajstić information content (AvgIpc) is 1.46. The zero-order valence-corrected chi connectivity index (χ0v) is 53.3. The van der Waals surface area contributed by atoms with E-state index in [4.69, 9.17) is 33.2 Å². The lowest BCUT2D eigenvalue weighted by Gasteiger charge is -2.32. The molecule has 2 saturated heterocycles. The largest absolute Gasteiger partial charge is 0.354 e. The van der Waals surface area contributed by atoms with E-state index in [0.717, 1.165) is 160 Å². The molecule has 2 fully saturated rings. The Morgan fingerprint density at radius 3 is 1.51 bits per heavy atom. The number of halogens is 2. The number of anilines is 4.